The van der Waals surface area contributed by atoms with E-state index in [1.807, 2.05) is 13.8 Å². The summed E-state index contributed by atoms with van der Waals surface area (Å²) in [5, 5.41) is 2.93. The number of carbonyl (C=O) groups is 1. The summed E-state index contributed by atoms with van der Waals surface area (Å²) < 4.78 is 0. The lowest BCUT2D eigenvalue weighted by Crippen LogP contribution is -2.49. The van der Waals surface area contributed by atoms with Crippen molar-refractivity contribution < 1.29 is 4.79 Å². The summed E-state index contributed by atoms with van der Waals surface area (Å²) in [7, 11) is 0. The lowest BCUT2D eigenvalue weighted by molar-refractivity contribution is -0.119. The van der Waals surface area contributed by atoms with E-state index < -0.39 is 17.5 Å². The zero-order valence-electron chi connectivity index (χ0n) is 7.42. The van der Waals surface area contributed by atoms with Crippen LogP contribution in [0.4, 0.5) is 0 Å². The molecule has 4 nitrogen and oxygen atoms in total. The maximum absolute atomic E-state index is 10.5. The Morgan fingerprint density at radius 1 is 1.75 bits per heavy atom. The minimum Gasteiger partial charge on any atom is -0.368 e. The van der Waals surface area contributed by atoms with E-state index in [1.165, 1.54) is 0 Å². The first-order valence-electron chi connectivity index (χ1n) is 3.67. The number of carbonyl (C=O) groups excluding carboxylic acids is 1. The first kappa shape index (κ1) is 11.0. The molecule has 1 atom stereocenters. The average molecular weight is 169 g/mol. The van der Waals surface area contributed by atoms with Gasteiger partial charge in [-0.15, -0.1) is 6.42 Å². The van der Waals surface area contributed by atoms with E-state index in [0.29, 0.717) is 6.54 Å². The fourth-order valence-corrected chi connectivity index (χ4v) is 0.517. The van der Waals surface area contributed by atoms with Crippen molar-refractivity contribution in [1.29, 1.82) is 0 Å². The zero-order chi connectivity index (χ0) is 9.78. The van der Waals surface area contributed by atoms with Crippen molar-refractivity contribution in [3.05, 3.63) is 0 Å². The second kappa shape index (κ2) is 4.10. The van der Waals surface area contributed by atoms with Crippen LogP contribution in [-0.4, -0.2) is 24.0 Å². The third-order valence-electron chi connectivity index (χ3n) is 1.49. The summed E-state index contributed by atoms with van der Waals surface area (Å²) >= 11 is 0. The average Bonchev–Trinajstić information content (AvgIpc) is 2.00. The third kappa shape index (κ3) is 3.96. The largest absolute Gasteiger partial charge is 0.368 e. The van der Waals surface area contributed by atoms with Crippen LogP contribution in [0.15, 0.2) is 0 Å². The van der Waals surface area contributed by atoms with Crippen LogP contribution in [0.2, 0.25) is 0 Å². The summed E-state index contributed by atoms with van der Waals surface area (Å²) in [6.07, 6.45) is 5.20. The van der Waals surface area contributed by atoms with Gasteiger partial charge in [0.05, 0.1) is 11.6 Å². The van der Waals surface area contributed by atoms with Crippen molar-refractivity contribution >= 4 is 5.91 Å². The Labute approximate surface area is 72.7 Å². The molecule has 12 heavy (non-hydrogen) atoms. The molecule has 0 heterocycles. The summed E-state index contributed by atoms with van der Waals surface area (Å²) in [6, 6.07) is -0.683. The van der Waals surface area contributed by atoms with Gasteiger partial charge in [-0.25, -0.2) is 0 Å². The SMILES string of the molecule is C#CC(C)(C)NCC(N)C(N)=O. The lowest BCUT2D eigenvalue weighted by Gasteiger charge is -2.21. The van der Waals surface area contributed by atoms with Gasteiger partial charge >= 0.3 is 0 Å². The van der Waals surface area contributed by atoms with Crippen LogP contribution in [0, 0.1) is 12.3 Å². The molecule has 0 aliphatic rings. The van der Waals surface area contributed by atoms with E-state index >= 15 is 0 Å². The molecule has 0 aromatic heterocycles. The van der Waals surface area contributed by atoms with Crippen molar-refractivity contribution in [2.45, 2.75) is 25.4 Å². The fraction of sp³-hybridized carbons (Fsp3) is 0.625. The maximum Gasteiger partial charge on any atom is 0.235 e. The lowest BCUT2D eigenvalue weighted by atomic mass is 10.1. The molecule has 5 N–H and O–H groups in total. The summed E-state index contributed by atoms with van der Waals surface area (Å²) in [5.74, 6) is 1.98. The highest BCUT2D eigenvalue weighted by Gasteiger charge is 2.16. The number of primary amides is 1. The molecular formula is C8H15N3O. The van der Waals surface area contributed by atoms with E-state index in [4.69, 9.17) is 17.9 Å². The molecule has 0 radical (unpaired) electrons. The second-order valence-electron chi connectivity index (χ2n) is 3.16. The van der Waals surface area contributed by atoms with Crippen LogP contribution < -0.4 is 16.8 Å². The molecule has 0 bridgehead atoms. The normalized spacial score (nSPS) is 13.5. The van der Waals surface area contributed by atoms with Gasteiger partial charge in [0.25, 0.3) is 0 Å². The Hall–Kier alpha value is -1.05. The van der Waals surface area contributed by atoms with E-state index in [0.717, 1.165) is 0 Å². The van der Waals surface area contributed by atoms with E-state index in [1.54, 1.807) is 0 Å². The Balaban J connectivity index is 3.85. The van der Waals surface area contributed by atoms with Crippen LogP contribution in [0.3, 0.4) is 0 Å². The van der Waals surface area contributed by atoms with Crippen molar-refractivity contribution in [2.75, 3.05) is 6.54 Å². The quantitative estimate of drug-likeness (QED) is 0.462. The third-order valence-corrected chi connectivity index (χ3v) is 1.49. The zero-order valence-corrected chi connectivity index (χ0v) is 7.42. The number of nitrogens with two attached hydrogens (primary N) is 2. The first-order chi connectivity index (χ1) is 5.39. The van der Waals surface area contributed by atoms with Crippen molar-refractivity contribution in [3.8, 4) is 12.3 Å². The predicted octanol–water partition coefficient (Wildman–Crippen LogP) is -1.20. The number of hydrogen-bond donors (Lipinski definition) is 3. The van der Waals surface area contributed by atoms with Gasteiger partial charge in [0, 0.05) is 6.54 Å². The molecule has 0 rings (SSSR count). The number of amides is 1. The van der Waals surface area contributed by atoms with E-state index in [-0.39, 0.29) is 0 Å². The van der Waals surface area contributed by atoms with Gasteiger partial charge in [0.15, 0.2) is 0 Å². The highest BCUT2D eigenvalue weighted by atomic mass is 16.1. The molecule has 0 aliphatic heterocycles. The molecule has 1 unspecified atom stereocenters. The number of hydrogen-bond acceptors (Lipinski definition) is 3. The Bertz CT molecular complexity index is 205. The smallest absolute Gasteiger partial charge is 0.235 e. The van der Waals surface area contributed by atoms with Crippen molar-refractivity contribution in [1.82, 2.24) is 5.32 Å². The molecule has 0 spiro atoms. The summed E-state index contributed by atoms with van der Waals surface area (Å²) in [4.78, 5) is 10.5. The van der Waals surface area contributed by atoms with Gasteiger partial charge in [0.1, 0.15) is 0 Å². The standard InChI is InChI=1S/C8H15N3O/c1-4-8(2,3)11-5-6(9)7(10)12/h1,6,11H,5,9H2,2-3H3,(H2,10,12). The van der Waals surface area contributed by atoms with Gasteiger partial charge in [-0.05, 0) is 13.8 Å². The summed E-state index contributed by atoms with van der Waals surface area (Å²) in [5.41, 5.74) is 9.87. The topological polar surface area (TPSA) is 81.1 Å². The highest BCUT2D eigenvalue weighted by molar-refractivity contribution is 5.79. The Morgan fingerprint density at radius 2 is 2.25 bits per heavy atom. The van der Waals surface area contributed by atoms with Gasteiger partial charge in [-0.1, -0.05) is 5.92 Å². The molecule has 0 saturated heterocycles. The fourth-order valence-electron chi connectivity index (χ4n) is 0.517. The van der Waals surface area contributed by atoms with Gasteiger partial charge in [-0.3, -0.25) is 10.1 Å². The maximum atomic E-state index is 10.5. The van der Waals surface area contributed by atoms with Crippen molar-refractivity contribution in [2.24, 2.45) is 11.5 Å². The first-order valence-corrected chi connectivity index (χ1v) is 3.67. The van der Waals surface area contributed by atoms with Crippen LogP contribution in [0.5, 0.6) is 0 Å². The van der Waals surface area contributed by atoms with Crippen LogP contribution in [0.25, 0.3) is 0 Å². The number of nitrogens with one attached hydrogen (secondary N) is 1. The van der Waals surface area contributed by atoms with E-state index in [9.17, 15) is 4.79 Å². The summed E-state index contributed by atoms with van der Waals surface area (Å²) in [6.45, 7) is 3.94. The van der Waals surface area contributed by atoms with Gasteiger partial charge < -0.3 is 11.5 Å². The predicted molar refractivity (Wildman–Crippen MR) is 48.1 cm³/mol. The Kier molecular flexibility index (Phi) is 3.74. The minimum absolute atomic E-state index is 0.298. The van der Waals surface area contributed by atoms with Crippen LogP contribution in [-0.2, 0) is 4.79 Å². The Morgan fingerprint density at radius 3 is 2.58 bits per heavy atom. The number of rotatable bonds is 4. The molecule has 68 valence electrons. The molecule has 1 amide bonds. The molecule has 0 aromatic carbocycles. The van der Waals surface area contributed by atoms with Crippen molar-refractivity contribution in [3.63, 3.8) is 0 Å². The van der Waals surface area contributed by atoms with Crippen LogP contribution >= 0.6 is 0 Å². The monoisotopic (exact) mass is 169 g/mol. The molecule has 0 fully saturated rings. The molecule has 0 saturated carbocycles. The highest BCUT2D eigenvalue weighted by Crippen LogP contribution is 1.97. The molecule has 0 aromatic rings. The molecule has 0 aliphatic carbocycles. The molecule has 4 heteroatoms. The van der Waals surface area contributed by atoms with Gasteiger partial charge in [0.2, 0.25) is 5.91 Å². The molecular weight excluding hydrogens is 154 g/mol. The minimum atomic E-state index is -0.683. The number of terminal acetylenes is 1. The second-order valence-corrected chi connectivity index (χ2v) is 3.16. The van der Waals surface area contributed by atoms with Crippen LogP contribution in [0.1, 0.15) is 13.8 Å². The van der Waals surface area contributed by atoms with E-state index in [2.05, 4.69) is 11.2 Å². The van der Waals surface area contributed by atoms with Gasteiger partial charge in [-0.2, -0.15) is 0 Å².